The van der Waals surface area contributed by atoms with Gasteiger partial charge >= 0.3 is 0 Å². The molecule has 6 heteroatoms. The number of para-hydroxylation sites is 3. The van der Waals surface area contributed by atoms with Crippen molar-refractivity contribution < 1.29 is 0 Å². The summed E-state index contributed by atoms with van der Waals surface area (Å²) in [5, 5.41) is 9.50. The highest BCUT2D eigenvalue weighted by molar-refractivity contribution is 7.20. The standard InChI is InChI=1S/C75H51N5Si/c1-5-23-52(24-6-1)56-31-19-35-61(47-56)81(62-36-20-32-57(48-62)53-25-7-2-8-26-53,63-37-21-33-58(49-63)54-27-9-3-10-28-54)64-38-22-34-60(50-64)73-76-74(79-69-42-16-13-39-65(69)66-40-14-17-43-70(66)79)78-75(77-73)80-71-44-18-15-41-67(71)68-51-59(45-46-72(68)80)55-29-11-4-12-30-55/h1-51H. The first-order chi connectivity index (χ1) is 40.2. The van der Waals surface area contributed by atoms with E-state index in [-0.39, 0.29) is 0 Å². The van der Waals surface area contributed by atoms with E-state index in [0.29, 0.717) is 17.7 Å². The van der Waals surface area contributed by atoms with Crippen molar-refractivity contribution in [2.75, 3.05) is 0 Å². The second-order valence-electron chi connectivity index (χ2n) is 20.8. The highest BCUT2D eigenvalue weighted by atomic mass is 28.3. The molecular weight excluding hydrogens is 999 g/mol. The Hall–Kier alpha value is -10.5. The summed E-state index contributed by atoms with van der Waals surface area (Å²) in [5.74, 6) is 1.64. The lowest BCUT2D eigenvalue weighted by Gasteiger charge is -2.35. The van der Waals surface area contributed by atoms with Crippen LogP contribution in [0.3, 0.4) is 0 Å². The second-order valence-corrected chi connectivity index (χ2v) is 24.6. The molecule has 0 saturated heterocycles. The Morgan fingerprint density at radius 1 is 0.210 bits per heavy atom. The summed E-state index contributed by atoms with van der Waals surface area (Å²) in [5.41, 5.74) is 14.3. The van der Waals surface area contributed by atoms with Gasteiger partial charge in [-0.05, 0) is 95.6 Å². The molecular formula is C75H51N5Si. The molecule has 0 aliphatic heterocycles. The average molecular weight is 1050 g/mol. The van der Waals surface area contributed by atoms with Crippen LogP contribution in [-0.4, -0.2) is 32.2 Å². The zero-order valence-electron chi connectivity index (χ0n) is 44.2. The maximum atomic E-state index is 5.64. The second kappa shape index (κ2) is 20.0. The maximum absolute atomic E-state index is 5.64. The van der Waals surface area contributed by atoms with E-state index in [1.807, 2.05) is 0 Å². The molecule has 0 unspecified atom stereocenters. The molecule has 0 saturated carbocycles. The lowest BCUT2D eigenvalue weighted by atomic mass is 10.0. The lowest BCUT2D eigenvalue weighted by molar-refractivity contribution is 0.893. The van der Waals surface area contributed by atoms with Crippen LogP contribution in [0.2, 0.25) is 0 Å². The SMILES string of the molecule is c1ccc(-c2cccc([Si](c3cccc(-c4ccccc4)c3)(c3cccc(-c4ccccc4)c3)c3cccc(-c4nc(-n5c6ccccc6c6ccccc65)nc(-n5c6ccccc6c6cc(-c7ccccc7)ccc65)n4)c3)c2)cc1. The predicted molar refractivity (Wildman–Crippen MR) is 339 cm³/mol. The monoisotopic (exact) mass is 1050 g/mol. The quantitative estimate of drug-likeness (QED) is 0.0958. The molecule has 0 bridgehead atoms. The van der Waals surface area contributed by atoms with Crippen LogP contribution in [0.5, 0.6) is 0 Å². The first kappa shape index (κ1) is 47.7. The third kappa shape index (κ3) is 8.28. The van der Waals surface area contributed by atoms with Crippen molar-refractivity contribution >= 4 is 72.4 Å². The van der Waals surface area contributed by atoms with Gasteiger partial charge in [-0.15, -0.1) is 0 Å². The summed E-state index contributed by atoms with van der Waals surface area (Å²) >= 11 is 0. The van der Waals surface area contributed by atoms with Crippen LogP contribution in [0.4, 0.5) is 0 Å². The Kier molecular flexibility index (Phi) is 11.8. The van der Waals surface area contributed by atoms with Crippen molar-refractivity contribution in [2.24, 2.45) is 0 Å². The van der Waals surface area contributed by atoms with Gasteiger partial charge in [0, 0.05) is 27.1 Å². The highest BCUT2D eigenvalue weighted by Crippen LogP contribution is 2.37. The van der Waals surface area contributed by atoms with Crippen LogP contribution in [0.25, 0.3) is 111 Å². The van der Waals surface area contributed by atoms with Gasteiger partial charge in [0.1, 0.15) is 0 Å². The van der Waals surface area contributed by atoms with Crippen LogP contribution < -0.4 is 20.7 Å². The summed E-state index contributed by atoms with van der Waals surface area (Å²) in [6, 6.07) is 112. The van der Waals surface area contributed by atoms with Crippen LogP contribution in [0.15, 0.2) is 309 Å². The normalized spacial score (nSPS) is 11.7. The van der Waals surface area contributed by atoms with Gasteiger partial charge in [-0.2, -0.15) is 15.0 Å². The van der Waals surface area contributed by atoms with Gasteiger partial charge in [-0.1, -0.05) is 279 Å². The number of aromatic nitrogens is 5. The topological polar surface area (TPSA) is 48.5 Å². The Labute approximate surface area is 471 Å². The number of fused-ring (bicyclic) bond motifs is 6. The van der Waals surface area contributed by atoms with E-state index >= 15 is 0 Å². The van der Waals surface area contributed by atoms with Crippen LogP contribution in [0, 0.1) is 0 Å². The highest BCUT2D eigenvalue weighted by Gasteiger charge is 2.42. The van der Waals surface area contributed by atoms with Crippen molar-refractivity contribution in [3.05, 3.63) is 309 Å². The molecule has 15 aromatic rings. The minimum absolute atomic E-state index is 0.533. The molecule has 12 aromatic carbocycles. The molecule has 380 valence electrons. The summed E-state index contributed by atoms with van der Waals surface area (Å²) < 4.78 is 4.44. The van der Waals surface area contributed by atoms with Crippen molar-refractivity contribution in [2.45, 2.75) is 0 Å². The molecule has 5 nitrogen and oxygen atoms in total. The zero-order valence-corrected chi connectivity index (χ0v) is 45.2. The number of nitrogens with zero attached hydrogens (tertiary/aromatic N) is 5. The van der Waals surface area contributed by atoms with Crippen molar-refractivity contribution in [1.82, 2.24) is 24.1 Å². The molecule has 0 aliphatic rings. The van der Waals surface area contributed by atoms with Gasteiger partial charge in [0.05, 0.1) is 22.1 Å². The third-order valence-electron chi connectivity index (χ3n) is 16.1. The molecule has 3 aromatic heterocycles. The molecule has 0 N–H and O–H groups in total. The lowest BCUT2D eigenvalue weighted by Crippen LogP contribution is -2.74. The summed E-state index contributed by atoms with van der Waals surface area (Å²) in [4.78, 5) is 16.8. The molecule has 0 radical (unpaired) electrons. The van der Waals surface area contributed by atoms with Gasteiger partial charge in [-0.3, -0.25) is 9.13 Å². The van der Waals surface area contributed by atoms with Crippen molar-refractivity contribution in [3.63, 3.8) is 0 Å². The Bertz CT molecular complexity index is 4570. The summed E-state index contributed by atoms with van der Waals surface area (Å²) in [6.45, 7) is 0. The summed E-state index contributed by atoms with van der Waals surface area (Å²) in [7, 11) is -3.35. The van der Waals surface area contributed by atoms with E-state index in [9.17, 15) is 0 Å². The van der Waals surface area contributed by atoms with E-state index < -0.39 is 8.07 Å². The molecule has 0 spiro atoms. The Balaban J connectivity index is 1.02. The van der Waals surface area contributed by atoms with Crippen LogP contribution >= 0.6 is 0 Å². The van der Waals surface area contributed by atoms with Crippen LogP contribution in [0.1, 0.15) is 0 Å². The van der Waals surface area contributed by atoms with E-state index in [4.69, 9.17) is 15.0 Å². The maximum Gasteiger partial charge on any atom is 0.240 e. The number of rotatable bonds is 11. The number of hydrogen-bond donors (Lipinski definition) is 0. The molecule has 0 fully saturated rings. The van der Waals surface area contributed by atoms with Crippen LogP contribution in [-0.2, 0) is 0 Å². The van der Waals surface area contributed by atoms with Gasteiger partial charge in [-0.25, -0.2) is 0 Å². The fourth-order valence-corrected chi connectivity index (χ4v) is 17.3. The first-order valence-electron chi connectivity index (χ1n) is 27.6. The molecule has 0 amide bonds. The minimum atomic E-state index is -3.35. The van der Waals surface area contributed by atoms with Gasteiger partial charge < -0.3 is 0 Å². The Morgan fingerprint density at radius 3 is 0.901 bits per heavy atom. The van der Waals surface area contributed by atoms with E-state index in [0.717, 1.165) is 60.3 Å². The zero-order chi connectivity index (χ0) is 53.7. The molecule has 0 aliphatic carbocycles. The van der Waals surface area contributed by atoms with Crippen molar-refractivity contribution in [3.8, 4) is 67.8 Å². The fourth-order valence-electron chi connectivity index (χ4n) is 12.4. The summed E-state index contributed by atoms with van der Waals surface area (Å²) in [6.07, 6.45) is 0. The number of hydrogen-bond acceptors (Lipinski definition) is 3. The molecule has 0 atom stereocenters. The average Bonchev–Trinajstić information content (AvgIpc) is 4.13. The largest absolute Gasteiger partial charge is 0.278 e. The van der Waals surface area contributed by atoms with Gasteiger partial charge in [0.25, 0.3) is 0 Å². The van der Waals surface area contributed by atoms with E-state index in [1.165, 1.54) is 54.1 Å². The molecule has 3 heterocycles. The molecule has 81 heavy (non-hydrogen) atoms. The smallest absolute Gasteiger partial charge is 0.240 e. The molecule has 15 rings (SSSR count). The van der Waals surface area contributed by atoms with Gasteiger partial charge in [0.15, 0.2) is 13.9 Å². The van der Waals surface area contributed by atoms with E-state index in [2.05, 4.69) is 319 Å². The predicted octanol–water partition coefficient (Wildman–Crippen LogP) is 15.8. The van der Waals surface area contributed by atoms with Crippen molar-refractivity contribution in [1.29, 1.82) is 0 Å². The number of benzene rings is 12. The van der Waals surface area contributed by atoms with E-state index in [1.54, 1.807) is 0 Å². The fraction of sp³-hybridized carbons (Fsp3) is 0. The third-order valence-corrected chi connectivity index (χ3v) is 20.8. The van der Waals surface area contributed by atoms with Gasteiger partial charge in [0.2, 0.25) is 11.9 Å². The Morgan fingerprint density at radius 2 is 0.506 bits per heavy atom. The minimum Gasteiger partial charge on any atom is -0.278 e. The first-order valence-corrected chi connectivity index (χ1v) is 29.6.